The Morgan fingerprint density at radius 2 is 2.05 bits per heavy atom. The number of anilines is 1. The van der Waals surface area contributed by atoms with E-state index in [2.05, 4.69) is 5.32 Å². The van der Waals surface area contributed by atoms with Crippen LogP contribution in [0.3, 0.4) is 0 Å². The first-order chi connectivity index (χ1) is 8.99. The molecule has 104 valence electrons. The molecule has 6 heteroatoms. The van der Waals surface area contributed by atoms with Gasteiger partial charge in [0.1, 0.15) is 5.75 Å². The normalized spacial score (nSPS) is 10.1. The van der Waals surface area contributed by atoms with Crippen LogP contribution in [-0.4, -0.2) is 46.6 Å². The highest BCUT2D eigenvalue weighted by Gasteiger charge is 2.21. The summed E-state index contributed by atoms with van der Waals surface area (Å²) in [5, 5.41) is 20.8. The summed E-state index contributed by atoms with van der Waals surface area (Å²) >= 11 is 0. The lowest BCUT2D eigenvalue weighted by atomic mass is 10.2. The van der Waals surface area contributed by atoms with E-state index in [0.717, 1.165) is 5.56 Å². The molecule has 0 unspecified atom stereocenters. The van der Waals surface area contributed by atoms with Gasteiger partial charge < -0.3 is 20.4 Å². The molecule has 2 amide bonds. The number of aliphatic hydroxyl groups excluding tert-OH is 1. The Kier molecular flexibility index (Phi) is 5.32. The molecule has 0 aliphatic rings. The van der Waals surface area contributed by atoms with Gasteiger partial charge in [0, 0.05) is 13.1 Å². The number of benzene rings is 1. The second kappa shape index (κ2) is 6.75. The topological polar surface area (TPSA) is 89.9 Å². The Hall–Kier alpha value is -2.08. The fourth-order valence-corrected chi connectivity index (χ4v) is 1.59. The molecule has 1 aromatic carbocycles. The Bertz CT molecular complexity index is 474. The fraction of sp³-hybridized carbons (Fsp3) is 0.385. The molecule has 0 aromatic heterocycles. The van der Waals surface area contributed by atoms with Gasteiger partial charge in [-0.05, 0) is 31.5 Å². The zero-order valence-corrected chi connectivity index (χ0v) is 11.0. The third-order valence-electron chi connectivity index (χ3n) is 2.63. The van der Waals surface area contributed by atoms with E-state index in [1.807, 2.05) is 0 Å². The number of aliphatic hydroxyl groups is 1. The van der Waals surface area contributed by atoms with Crippen molar-refractivity contribution in [3.63, 3.8) is 0 Å². The lowest BCUT2D eigenvalue weighted by Gasteiger charge is -2.19. The molecule has 0 fully saturated rings. The van der Waals surface area contributed by atoms with Crippen LogP contribution in [0.1, 0.15) is 12.5 Å². The van der Waals surface area contributed by atoms with Crippen LogP contribution in [0.4, 0.5) is 5.69 Å². The quantitative estimate of drug-likeness (QED) is 0.546. The number of likely N-dealkylation sites (N-methyl/N-ethyl adjacent to an activating group) is 1. The van der Waals surface area contributed by atoms with E-state index in [0.29, 0.717) is 6.54 Å². The van der Waals surface area contributed by atoms with Crippen molar-refractivity contribution in [3.05, 3.63) is 23.8 Å². The number of hydrogen-bond acceptors (Lipinski definition) is 4. The first kappa shape index (κ1) is 15.0. The van der Waals surface area contributed by atoms with Gasteiger partial charge in [0.25, 0.3) is 0 Å². The van der Waals surface area contributed by atoms with Gasteiger partial charge in [-0.2, -0.15) is 0 Å². The average Bonchev–Trinajstić information content (AvgIpc) is 2.39. The smallest absolute Gasteiger partial charge is 0.314 e. The number of phenolic OH excluding ortho intramolecular Hbond substituents is 1. The van der Waals surface area contributed by atoms with Crippen LogP contribution < -0.4 is 5.32 Å². The molecule has 1 rings (SSSR count). The largest absolute Gasteiger partial charge is 0.506 e. The number of amides is 2. The molecule has 0 bridgehead atoms. The number of nitrogens with zero attached hydrogens (tertiary/aromatic N) is 1. The van der Waals surface area contributed by atoms with Crippen molar-refractivity contribution in [3.8, 4) is 5.75 Å². The highest BCUT2D eigenvalue weighted by atomic mass is 16.3. The minimum absolute atomic E-state index is 0.0998. The highest BCUT2D eigenvalue weighted by molar-refractivity contribution is 6.39. The van der Waals surface area contributed by atoms with Crippen LogP contribution in [0.5, 0.6) is 5.75 Å². The van der Waals surface area contributed by atoms with Gasteiger partial charge in [-0.3, -0.25) is 9.59 Å². The number of hydrogen-bond donors (Lipinski definition) is 3. The molecule has 0 aliphatic heterocycles. The molecule has 0 radical (unpaired) electrons. The highest BCUT2D eigenvalue weighted by Crippen LogP contribution is 2.23. The molecular formula is C13H18N2O4. The Labute approximate surface area is 111 Å². The van der Waals surface area contributed by atoms with Crippen LogP contribution in [0.2, 0.25) is 0 Å². The standard InChI is InChI=1S/C13H18N2O4/c1-3-15(6-7-16)13(19)12(18)14-10-8-9(2)4-5-11(10)17/h4-5,8,16-17H,3,6-7H2,1-2H3,(H,14,18). The third-order valence-corrected chi connectivity index (χ3v) is 2.63. The van der Waals surface area contributed by atoms with E-state index in [1.54, 1.807) is 26.0 Å². The molecule has 3 N–H and O–H groups in total. The van der Waals surface area contributed by atoms with Crippen LogP contribution in [0, 0.1) is 6.92 Å². The number of carbonyl (C=O) groups excluding carboxylic acids is 2. The maximum Gasteiger partial charge on any atom is 0.314 e. The van der Waals surface area contributed by atoms with Gasteiger partial charge in [0.2, 0.25) is 0 Å². The molecule has 1 aromatic rings. The van der Waals surface area contributed by atoms with Crippen LogP contribution >= 0.6 is 0 Å². The molecular weight excluding hydrogens is 248 g/mol. The maximum absolute atomic E-state index is 11.8. The van der Waals surface area contributed by atoms with E-state index in [4.69, 9.17) is 5.11 Å². The summed E-state index contributed by atoms with van der Waals surface area (Å²) in [6, 6.07) is 4.71. The summed E-state index contributed by atoms with van der Waals surface area (Å²) in [7, 11) is 0. The van der Waals surface area contributed by atoms with Gasteiger partial charge in [0.15, 0.2) is 0 Å². The fourth-order valence-electron chi connectivity index (χ4n) is 1.59. The molecule has 0 heterocycles. The molecule has 0 aliphatic carbocycles. The second-order valence-corrected chi connectivity index (χ2v) is 4.08. The zero-order chi connectivity index (χ0) is 14.4. The van der Waals surface area contributed by atoms with Crippen LogP contribution in [-0.2, 0) is 9.59 Å². The van der Waals surface area contributed by atoms with E-state index in [1.165, 1.54) is 11.0 Å². The number of nitrogens with one attached hydrogen (secondary N) is 1. The minimum Gasteiger partial charge on any atom is -0.506 e. The number of rotatable bonds is 4. The van der Waals surface area contributed by atoms with Crippen molar-refractivity contribution in [2.45, 2.75) is 13.8 Å². The van der Waals surface area contributed by atoms with Crippen LogP contribution in [0.15, 0.2) is 18.2 Å². The molecule has 0 saturated carbocycles. The van der Waals surface area contributed by atoms with Gasteiger partial charge in [-0.1, -0.05) is 6.07 Å². The zero-order valence-electron chi connectivity index (χ0n) is 11.0. The molecule has 19 heavy (non-hydrogen) atoms. The maximum atomic E-state index is 11.8. The lowest BCUT2D eigenvalue weighted by molar-refractivity contribution is -0.143. The Balaban J connectivity index is 2.78. The van der Waals surface area contributed by atoms with E-state index in [9.17, 15) is 14.7 Å². The van der Waals surface area contributed by atoms with Crippen molar-refractivity contribution in [1.82, 2.24) is 4.90 Å². The van der Waals surface area contributed by atoms with Crippen molar-refractivity contribution >= 4 is 17.5 Å². The Morgan fingerprint density at radius 1 is 1.37 bits per heavy atom. The number of phenols is 1. The SMILES string of the molecule is CCN(CCO)C(=O)C(=O)Nc1cc(C)ccc1O. The molecule has 0 atom stereocenters. The number of carbonyl (C=O) groups is 2. The lowest BCUT2D eigenvalue weighted by Crippen LogP contribution is -2.41. The summed E-state index contributed by atoms with van der Waals surface area (Å²) in [4.78, 5) is 24.8. The van der Waals surface area contributed by atoms with Gasteiger partial charge >= 0.3 is 11.8 Å². The summed E-state index contributed by atoms with van der Waals surface area (Å²) < 4.78 is 0. The summed E-state index contributed by atoms with van der Waals surface area (Å²) in [6.45, 7) is 3.74. The second-order valence-electron chi connectivity index (χ2n) is 4.08. The summed E-state index contributed by atoms with van der Waals surface area (Å²) in [5.74, 6) is -1.68. The summed E-state index contributed by atoms with van der Waals surface area (Å²) in [5.41, 5.74) is 1.04. The van der Waals surface area contributed by atoms with Crippen molar-refractivity contribution in [1.29, 1.82) is 0 Å². The van der Waals surface area contributed by atoms with Crippen LogP contribution in [0.25, 0.3) is 0 Å². The average molecular weight is 266 g/mol. The number of aromatic hydroxyl groups is 1. The van der Waals surface area contributed by atoms with Crippen molar-refractivity contribution in [2.24, 2.45) is 0 Å². The number of aryl methyl sites for hydroxylation is 1. The van der Waals surface area contributed by atoms with Gasteiger partial charge in [0.05, 0.1) is 12.3 Å². The molecule has 0 spiro atoms. The van der Waals surface area contributed by atoms with Gasteiger partial charge in [-0.15, -0.1) is 0 Å². The van der Waals surface area contributed by atoms with Gasteiger partial charge in [-0.25, -0.2) is 0 Å². The minimum atomic E-state index is -0.837. The van der Waals surface area contributed by atoms with Crippen molar-refractivity contribution < 1.29 is 19.8 Å². The first-order valence-electron chi connectivity index (χ1n) is 6.00. The predicted octanol–water partition coefficient (Wildman–Crippen LogP) is 0.480. The predicted molar refractivity (Wildman–Crippen MR) is 70.8 cm³/mol. The molecule has 0 saturated heterocycles. The summed E-state index contributed by atoms with van der Waals surface area (Å²) in [6.07, 6.45) is 0. The van der Waals surface area contributed by atoms with Crippen molar-refractivity contribution in [2.75, 3.05) is 25.0 Å². The first-order valence-corrected chi connectivity index (χ1v) is 6.00. The van der Waals surface area contributed by atoms with E-state index < -0.39 is 11.8 Å². The van der Waals surface area contributed by atoms with E-state index >= 15 is 0 Å². The molecule has 6 nitrogen and oxygen atoms in total. The Morgan fingerprint density at radius 3 is 2.63 bits per heavy atom. The van der Waals surface area contributed by atoms with E-state index in [-0.39, 0.29) is 24.6 Å². The third kappa shape index (κ3) is 3.96. The monoisotopic (exact) mass is 266 g/mol.